The van der Waals surface area contributed by atoms with Crippen LogP contribution in [0.4, 0.5) is 18.9 Å². The fourth-order valence-corrected chi connectivity index (χ4v) is 4.14. The summed E-state index contributed by atoms with van der Waals surface area (Å²) in [6.45, 7) is 5.67. The predicted molar refractivity (Wildman–Crippen MR) is 102 cm³/mol. The molecule has 0 unspecified atom stereocenters. The van der Waals surface area contributed by atoms with E-state index < -0.39 is 28.0 Å². The van der Waals surface area contributed by atoms with Gasteiger partial charge in [-0.15, -0.1) is 13.2 Å². The molecule has 6 nitrogen and oxygen atoms in total. The van der Waals surface area contributed by atoms with E-state index in [0.717, 1.165) is 12.1 Å². The minimum absolute atomic E-state index is 0.00845. The lowest BCUT2D eigenvalue weighted by atomic mass is 10.1. The van der Waals surface area contributed by atoms with Crippen molar-refractivity contribution in [1.82, 2.24) is 4.31 Å². The van der Waals surface area contributed by atoms with Crippen molar-refractivity contribution in [2.24, 2.45) is 0 Å². The highest BCUT2D eigenvalue weighted by Gasteiger charge is 2.31. The first kappa shape index (κ1) is 22.7. The molecule has 0 heterocycles. The summed E-state index contributed by atoms with van der Waals surface area (Å²) < 4.78 is 67.1. The van der Waals surface area contributed by atoms with Gasteiger partial charge in [-0.25, -0.2) is 8.42 Å². The van der Waals surface area contributed by atoms with E-state index >= 15 is 0 Å². The van der Waals surface area contributed by atoms with Gasteiger partial charge in [0.25, 0.3) is 5.91 Å². The van der Waals surface area contributed by atoms with Crippen LogP contribution in [0.5, 0.6) is 5.75 Å². The Bertz CT molecular complexity index is 970. The zero-order valence-electron chi connectivity index (χ0n) is 16.1. The summed E-state index contributed by atoms with van der Waals surface area (Å²) in [7, 11) is -3.74. The Morgan fingerprint density at radius 3 is 2.17 bits per heavy atom. The first-order valence-electron chi connectivity index (χ1n) is 8.76. The molecule has 0 aliphatic heterocycles. The van der Waals surface area contributed by atoms with Crippen LogP contribution >= 0.6 is 0 Å². The molecular formula is C19H21F3N2O4S. The molecule has 29 heavy (non-hydrogen) atoms. The van der Waals surface area contributed by atoms with Gasteiger partial charge >= 0.3 is 6.36 Å². The Labute approximate surface area is 167 Å². The molecule has 0 aliphatic carbocycles. The molecule has 0 saturated carbocycles. The number of hydrogen-bond donors (Lipinski definition) is 1. The van der Waals surface area contributed by atoms with Crippen molar-refractivity contribution in [3.05, 3.63) is 53.6 Å². The van der Waals surface area contributed by atoms with Crippen LogP contribution in [0.15, 0.2) is 47.4 Å². The van der Waals surface area contributed by atoms with E-state index in [0.29, 0.717) is 18.7 Å². The third kappa shape index (κ3) is 5.70. The SMILES string of the molecule is CCN(CC)S(=O)(=O)c1ccc(C)c(C(=O)Nc2ccc(OC(F)(F)F)cc2)c1. The minimum Gasteiger partial charge on any atom is -0.406 e. The van der Waals surface area contributed by atoms with Crippen molar-refractivity contribution in [1.29, 1.82) is 0 Å². The second-order valence-corrected chi connectivity index (χ2v) is 8.03. The summed E-state index contributed by atoms with van der Waals surface area (Å²) in [6.07, 6.45) is -4.81. The van der Waals surface area contributed by atoms with E-state index in [1.807, 2.05) is 0 Å². The Morgan fingerprint density at radius 1 is 1.07 bits per heavy atom. The number of anilines is 1. The molecule has 0 saturated heterocycles. The molecule has 0 bridgehead atoms. The van der Waals surface area contributed by atoms with Gasteiger partial charge < -0.3 is 10.1 Å². The average molecular weight is 430 g/mol. The van der Waals surface area contributed by atoms with Gasteiger partial charge in [0.15, 0.2) is 0 Å². The number of rotatable bonds is 7. The van der Waals surface area contributed by atoms with E-state index in [1.54, 1.807) is 20.8 Å². The second-order valence-electron chi connectivity index (χ2n) is 6.09. The number of ether oxygens (including phenoxy) is 1. The molecule has 2 aromatic rings. The molecule has 10 heteroatoms. The molecule has 0 fully saturated rings. The van der Waals surface area contributed by atoms with Crippen LogP contribution in [0, 0.1) is 6.92 Å². The number of alkyl halides is 3. The van der Waals surface area contributed by atoms with Gasteiger partial charge in [0.2, 0.25) is 10.0 Å². The van der Waals surface area contributed by atoms with Crippen molar-refractivity contribution < 1.29 is 31.1 Å². The average Bonchev–Trinajstić information content (AvgIpc) is 2.63. The highest BCUT2D eigenvalue weighted by molar-refractivity contribution is 7.89. The van der Waals surface area contributed by atoms with Crippen molar-refractivity contribution in [3.63, 3.8) is 0 Å². The largest absolute Gasteiger partial charge is 0.573 e. The lowest BCUT2D eigenvalue weighted by molar-refractivity contribution is -0.274. The summed E-state index contributed by atoms with van der Waals surface area (Å²) >= 11 is 0. The summed E-state index contributed by atoms with van der Waals surface area (Å²) in [5.74, 6) is -0.998. The molecule has 0 radical (unpaired) electrons. The summed E-state index contributed by atoms with van der Waals surface area (Å²) in [5, 5.41) is 2.54. The lowest BCUT2D eigenvalue weighted by Crippen LogP contribution is -2.30. The van der Waals surface area contributed by atoms with Crippen LogP contribution < -0.4 is 10.1 Å². The lowest BCUT2D eigenvalue weighted by Gasteiger charge is -2.19. The number of carbonyl (C=O) groups is 1. The molecule has 158 valence electrons. The van der Waals surface area contributed by atoms with Crippen LogP contribution in [0.3, 0.4) is 0 Å². The number of carbonyl (C=O) groups excluding carboxylic acids is 1. The Morgan fingerprint density at radius 2 is 1.66 bits per heavy atom. The summed E-state index contributed by atoms with van der Waals surface area (Å²) in [4.78, 5) is 12.6. The number of amides is 1. The van der Waals surface area contributed by atoms with Crippen LogP contribution in [0.1, 0.15) is 29.8 Å². The Balaban J connectivity index is 2.25. The summed E-state index contributed by atoms with van der Waals surface area (Å²) in [6, 6.07) is 8.90. The smallest absolute Gasteiger partial charge is 0.406 e. The van der Waals surface area contributed by atoms with Crippen LogP contribution in [0.25, 0.3) is 0 Å². The number of aryl methyl sites for hydroxylation is 1. The summed E-state index contributed by atoms with van der Waals surface area (Å²) in [5.41, 5.74) is 0.938. The Kier molecular flexibility index (Phi) is 6.91. The number of nitrogens with zero attached hydrogens (tertiary/aromatic N) is 1. The monoisotopic (exact) mass is 430 g/mol. The van der Waals surface area contributed by atoms with Crippen LogP contribution in [-0.4, -0.2) is 38.1 Å². The predicted octanol–water partition coefficient (Wildman–Crippen LogP) is 4.18. The molecule has 0 spiro atoms. The molecule has 2 rings (SSSR count). The minimum atomic E-state index is -4.81. The van der Waals surface area contributed by atoms with Crippen molar-refractivity contribution in [2.75, 3.05) is 18.4 Å². The standard InChI is InChI=1S/C19H21F3N2O4S/c1-4-24(5-2)29(26,27)16-11-6-13(3)17(12-16)18(25)23-14-7-9-15(10-8-14)28-19(20,21)22/h6-12H,4-5H2,1-3H3,(H,23,25). The number of halogens is 3. The van der Waals surface area contributed by atoms with Gasteiger partial charge in [0, 0.05) is 24.3 Å². The van der Waals surface area contributed by atoms with E-state index in [4.69, 9.17) is 0 Å². The number of sulfonamides is 1. The van der Waals surface area contributed by atoms with E-state index in [9.17, 15) is 26.4 Å². The first-order chi connectivity index (χ1) is 13.5. The van der Waals surface area contributed by atoms with Crippen molar-refractivity contribution in [2.45, 2.75) is 32.0 Å². The maximum absolute atomic E-state index is 12.7. The van der Waals surface area contributed by atoms with Crippen LogP contribution in [0.2, 0.25) is 0 Å². The topological polar surface area (TPSA) is 75.7 Å². The van der Waals surface area contributed by atoms with E-state index in [1.165, 1.54) is 34.6 Å². The molecule has 1 N–H and O–H groups in total. The zero-order valence-corrected chi connectivity index (χ0v) is 16.9. The van der Waals surface area contributed by atoms with Gasteiger partial charge in [-0.2, -0.15) is 4.31 Å². The maximum atomic E-state index is 12.7. The van der Waals surface area contributed by atoms with Gasteiger partial charge in [0.05, 0.1) is 4.90 Å². The number of nitrogens with one attached hydrogen (secondary N) is 1. The van der Waals surface area contributed by atoms with Crippen LogP contribution in [-0.2, 0) is 10.0 Å². The third-order valence-electron chi connectivity index (χ3n) is 4.14. The van der Waals surface area contributed by atoms with Gasteiger partial charge in [-0.05, 0) is 48.9 Å². The molecule has 0 atom stereocenters. The third-order valence-corrected chi connectivity index (χ3v) is 6.19. The van der Waals surface area contributed by atoms with Crippen molar-refractivity contribution in [3.8, 4) is 5.75 Å². The van der Waals surface area contributed by atoms with Gasteiger partial charge in [-0.1, -0.05) is 19.9 Å². The first-order valence-corrected chi connectivity index (χ1v) is 10.2. The number of hydrogen-bond acceptors (Lipinski definition) is 4. The molecule has 0 aromatic heterocycles. The fraction of sp³-hybridized carbons (Fsp3) is 0.316. The normalized spacial score (nSPS) is 12.1. The highest BCUT2D eigenvalue weighted by atomic mass is 32.2. The second kappa shape index (κ2) is 8.83. The quantitative estimate of drug-likeness (QED) is 0.715. The molecule has 0 aliphatic rings. The molecule has 1 amide bonds. The fourth-order valence-electron chi connectivity index (χ4n) is 2.66. The van der Waals surface area contributed by atoms with Gasteiger partial charge in [-0.3, -0.25) is 4.79 Å². The van der Waals surface area contributed by atoms with E-state index in [2.05, 4.69) is 10.1 Å². The van der Waals surface area contributed by atoms with Gasteiger partial charge in [0.1, 0.15) is 5.75 Å². The highest BCUT2D eigenvalue weighted by Crippen LogP contribution is 2.25. The Hall–Kier alpha value is -2.59. The molecular weight excluding hydrogens is 409 g/mol. The molecule has 2 aromatic carbocycles. The zero-order chi connectivity index (χ0) is 21.8. The van der Waals surface area contributed by atoms with Crippen molar-refractivity contribution >= 4 is 21.6 Å². The van der Waals surface area contributed by atoms with E-state index in [-0.39, 0.29) is 16.1 Å². The number of benzene rings is 2. The maximum Gasteiger partial charge on any atom is 0.573 e.